The van der Waals surface area contributed by atoms with Crippen molar-refractivity contribution in [1.82, 2.24) is 19.8 Å². The van der Waals surface area contributed by atoms with Crippen LogP contribution in [0.5, 0.6) is 0 Å². The molecule has 2 aromatic rings. The van der Waals surface area contributed by atoms with E-state index < -0.39 is 5.60 Å². The molecule has 3 heterocycles. The lowest BCUT2D eigenvalue weighted by molar-refractivity contribution is 0.0220. The van der Waals surface area contributed by atoms with Crippen LogP contribution in [0.15, 0.2) is 24.4 Å². The fourth-order valence-corrected chi connectivity index (χ4v) is 4.37. The fraction of sp³-hybridized carbons (Fsp3) is 0.577. The molecule has 0 saturated carbocycles. The van der Waals surface area contributed by atoms with Gasteiger partial charge in [0.1, 0.15) is 5.60 Å². The SMILES string of the molecule is Cc1cc(Nc2ncc3c(n2)CN(C(=O)OC(C)(C)C)CC3)ccc1N(C)CCN1CCOCC1. The number of nitrogens with zero attached hydrogens (tertiary/aromatic N) is 5. The summed E-state index contributed by atoms with van der Waals surface area (Å²) in [5.41, 5.74) is 4.75. The number of likely N-dealkylation sites (N-methyl/N-ethyl adjacent to an activating group) is 1. The molecule has 0 bridgehead atoms. The summed E-state index contributed by atoms with van der Waals surface area (Å²) in [4.78, 5) is 28.2. The Morgan fingerprint density at radius 1 is 1.23 bits per heavy atom. The number of aromatic nitrogens is 2. The topological polar surface area (TPSA) is 83.1 Å². The molecule has 190 valence electrons. The van der Waals surface area contributed by atoms with Crippen molar-refractivity contribution in [2.24, 2.45) is 0 Å². The normalized spacial score (nSPS) is 16.5. The van der Waals surface area contributed by atoms with Gasteiger partial charge >= 0.3 is 6.09 Å². The fourth-order valence-electron chi connectivity index (χ4n) is 4.37. The summed E-state index contributed by atoms with van der Waals surface area (Å²) >= 11 is 0. The number of hydrogen-bond acceptors (Lipinski definition) is 8. The lowest BCUT2D eigenvalue weighted by Gasteiger charge is -2.30. The number of rotatable bonds is 6. The number of morpholine rings is 1. The lowest BCUT2D eigenvalue weighted by Crippen LogP contribution is -2.40. The Morgan fingerprint density at radius 2 is 2.00 bits per heavy atom. The number of carbonyl (C=O) groups excluding carboxylic acids is 1. The van der Waals surface area contributed by atoms with E-state index in [9.17, 15) is 4.79 Å². The summed E-state index contributed by atoms with van der Waals surface area (Å²) in [5.74, 6) is 0.530. The minimum atomic E-state index is -0.518. The van der Waals surface area contributed by atoms with Gasteiger partial charge in [0.25, 0.3) is 0 Å². The number of amides is 1. The Balaban J connectivity index is 1.37. The molecule has 0 spiro atoms. The molecule has 4 rings (SSSR count). The van der Waals surface area contributed by atoms with E-state index in [4.69, 9.17) is 14.5 Å². The average Bonchev–Trinajstić information content (AvgIpc) is 2.82. The summed E-state index contributed by atoms with van der Waals surface area (Å²) < 4.78 is 11.0. The molecule has 1 aromatic heterocycles. The molecule has 1 amide bonds. The Bertz CT molecular complexity index is 1030. The highest BCUT2D eigenvalue weighted by Crippen LogP contribution is 2.25. The van der Waals surface area contributed by atoms with Crippen molar-refractivity contribution >= 4 is 23.4 Å². The van der Waals surface area contributed by atoms with Crippen LogP contribution in [0.25, 0.3) is 0 Å². The Kier molecular flexibility index (Phi) is 7.76. The van der Waals surface area contributed by atoms with Crippen molar-refractivity contribution in [3.8, 4) is 0 Å². The number of anilines is 3. The molecule has 0 unspecified atom stereocenters. The predicted octanol–water partition coefficient (Wildman–Crippen LogP) is 3.59. The van der Waals surface area contributed by atoms with Crippen molar-refractivity contribution in [3.05, 3.63) is 41.2 Å². The van der Waals surface area contributed by atoms with E-state index in [1.54, 1.807) is 4.90 Å². The van der Waals surface area contributed by atoms with Crippen molar-refractivity contribution in [1.29, 1.82) is 0 Å². The van der Waals surface area contributed by atoms with Gasteiger partial charge in [0, 0.05) is 57.3 Å². The minimum absolute atomic E-state index is 0.305. The van der Waals surface area contributed by atoms with Crippen LogP contribution in [0.3, 0.4) is 0 Å². The van der Waals surface area contributed by atoms with Gasteiger partial charge in [-0.25, -0.2) is 14.8 Å². The number of nitrogens with one attached hydrogen (secondary N) is 1. The lowest BCUT2D eigenvalue weighted by atomic mass is 10.1. The Labute approximate surface area is 208 Å². The Morgan fingerprint density at radius 3 is 2.71 bits per heavy atom. The first-order valence-corrected chi connectivity index (χ1v) is 12.4. The van der Waals surface area contributed by atoms with Gasteiger partial charge in [-0.2, -0.15) is 0 Å². The molecule has 0 atom stereocenters. The second-order valence-electron chi connectivity index (χ2n) is 10.3. The first-order chi connectivity index (χ1) is 16.7. The van der Waals surface area contributed by atoms with Crippen molar-refractivity contribution in [2.75, 3.05) is 63.2 Å². The number of aryl methyl sites for hydroxylation is 1. The highest BCUT2D eigenvalue weighted by atomic mass is 16.6. The van der Waals surface area contributed by atoms with Crippen molar-refractivity contribution < 1.29 is 14.3 Å². The van der Waals surface area contributed by atoms with E-state index in [2.05, 4.69) is 52.3 Å². The summed E-state index contributed by atoms with van der Waals surface area (Å²) in [6.07, 6.45) is 2.28. The van der Waals surface area contributed by atoms with Crippen molar-refractivity contribution in [3.63, 3.8) is 0 Å². The molecule has 9 nitrogen and oxygen atoms in total. The number of hydrogen-bond donors (Lipinski definition) is 1. The summed E-state index contributed by atoms with van der Waals surface area (Å²) in [5, 5.41) is 3.33. The molecule has 1 N–H and O–H groups in total. The average molecular weight is 483 g/mol. The van der Waals surface area contributed by atoms with Crippen LogP contribution in [0, 0.1) is 6.92 Å². The quantitative estimate of drug-likeness (QED) is 0.669. The first kappa shape index (κ1) is 25.2. The van der Waals surface area contributed by atoms with Crippen LogP contribution in [0.2, 0.25) is 0 Å². The zero-order valence-electron chi connectivity index (χ0n) is 21.6. The second kappa shape index (κ2) is 10.8. The molecule has 9 heteroatoms. The van der Waals surface area contributed by atoms with Gasteiger partial charge < -0.3 is 24.6 Å². The van der Waals surface area contributed by atoms with E-state index in [-0.39, 0.29) is 6.09 Å². The molecule has 1 aromatic carbocycles. The van der Waals surface area contributed by atoms with E-state index in [0.29, 0.717) is 19.0 Å². The Hall–Kier alpha value is -2.91. The molecule has 1 fully saturated rings. The first-order valence-electron chi connectivity index (χ1n) is 12.4. The third kappa shape index (κ3) is 6.82. The highest BCUT2D eigenvalue weighted by molar-refractivity contribution is 5.68. The van der Waals surface area contributed by atoms with Gasteiger partial charge in [-0.3, -0.25) is 4.90 Å². The third-order valence-corrected chi connectivity index (χ3v) is 6.32. The van der Waals surface area contributed by atoms with Crippen molar-refractivity contribution in [2.45, 2.75) is 46.3 Å². The zero-order chi connectivity index (χ0) is 25.0. The molecule has 0 radical (unpaired) electrons. The predicted molar refractivity (Wildman–Crippen MR) is 137 cm³/mol. The summed E-state index contributed by atoms with van der Waals surface area (Å²) in [7, 11) is 2.14. The smallest absolute Gasteiger partial charge is 0.410 e. The van der Waals surface area contributed by atoms with E-state index in [0.717, 1.165) is 62.8 Å². The van der Waals surface area contributed by atoms with E-state index in [1.165, 1.54) is 11.3 Å². The maximum atomic E-state index is 12.5. The maximum Gasteiger partial charge on any atom is 0.410 e. The molecule has 2 aliphatic rings. The van der Waals surface area contributed by atoms with Gasteiger partial charge in [0.2, 0.25) is 5.95 Å². The maximum absolute atomic E-state index is 12.5. The van der Waals surface area contributed by atoms with Crippen LogP contribution in [-0.2, 0) is 22.4 Å². The number of ether oxygens (including phenoxy) is 2. The van der Waals surface area contributed by atoms with Crippen LogP contribution in [0.4, 0.5) is 22.1 Å². The molecular weight excluding hydrogens is 444 g/mol. The van der Waals surface area contributed by atoms with Crippen LogP contribution < -0.4 is 10.2 Å². The van der Waals surface area contributed by atoms with E-state index in [1.807, 2.05) is 27.0 Å². The van der Waals surface area contributed by atoms with Gasteiger partial charge in [-0.1, -0.05) is 0 Å². The van der Waals surface area contributed by atoms with Gasteiger partial charge in [0.15, 0.2) is 0 Å². The molecule has 0 aliphatic carbocycles. The van der Waals surface area contributed by atoms with Gasteiger partial charge in [-0.15, -0.1) is 0 Å². The number of fused-ring (bicyclic) bond motifs is 1. The minimum Gasteiger partial charge on any atom is -0.444 e. The number of benzene rings is 1. The van der Waals surface area contributed by atoms with E-state index >= 15 is 0 Å². The molecular formula is C26H38N6O3. The van der Waals surface area contributed by atoms with Crippen LogP contribution in [-0.4, -0.2) is 84.4 Å². The van der Waals surface area contributed by atoms with Gasteiger partial charge in [-0.05, 0) is 63.4 Å². The molecule has 35 heavy (non-hydrogen) atoms. The third-order valence-electron chi connectivity index (χ3n) is 6.32. The molecule has 2 aliphatic heterocycles. The second-order valence-corrected chi connectivity index (χ2v) is 10.3. The van der Waals surface area contributed by atoms with Gasteiger partial charge in [0.05, 0.1) is 25.5 Å². The standard InChI is InChI=1S/C26H38N6O3/c1-19-16-21(6-7-23(19)30(5)10-11-31-12-14-34-15-13-31)28-24-27-17-20-8-9-32(18-22(20)29-24)25(33)35-26(2,3)4/h6-7,16-17H,8-15,18H2,1-5H3,(H,27,28,29). The zero-order valence-corrected chi connectivity index (χ0v) is 21.6. The van der Waals surface area contributed by atoms with Crippen LogP contribution in [0.1, 0.15) is 37.6 Å². The summed E-state index contributed by atoms with van der Waals surface area (Å²) in [6, 6.07) is 6.32. The van der Waals surface area contributed by atoms with Crippen LogP contribution >= 0.6 is 0 Å². The monoisotopic (exact) mass is 482 g/mol. The summed E-state index contributed by atoms with van der Waals surface area (Å²) in [6.45, 7) is 14.5. The number of carbonyl (C=O) groups is 1. The largest absolute Gasteiger partial charge is 0.444 e. The highest BCUT2D eigenvalue weighted by Gasteiger charge is 2.27. The molecule has 1 saturated heterocycles.